The number of benzene rings is 3. The average Bonchev–Trinajstić information content (AvgIpc) is 3.11. The Morgan fingerprint density at radius 1 is 1.03 bits per heavy atom. The predicted molar refractivity (Wildman–Crippen MR) is 118 cm³/mol. The van der Waals surface area contributed by atoms with E-state index < -0.39 is 9.84 Å². The molecule has 0 atom stereocenters. The third-order valence-corrected chi connectivity index (χ3v) is 7.52. The van der Waals surface area contributed by atoms with Crippen LogP contribution in [0.5, 0.6) is 0 Å². The molecule has 0 aliphatic carbocycles. The maximum Gasteiger partial charge on any atom is 0.226 e. The molecule has 1 aromatic heterocycles. The molecule has 0 spiro atoms. The fourth-order valence-electron chi connectivity index (χ4n) is 3.08. The smallest absolute Gasteiger partial charge is 0.226 e. The second kappa shape index (κ2) is 8.10. The minimum absolute atomic E-state index is 0.101. The van der Waals surface area contributed by atoms with Crippen LogP contribution < -0.4 is 5.32 Å². The molecule has 0 unspecified atom stereocenters. The Hall–Kier alpha value is -2.48. The SMILES string of the molecule is O=C(CCCS(=O)(=O)c1ccc(Cl)cc1)Nc1nc2c(ccc3ccccc32)s1. The molecule has 8 heteroatoms. The minimum atomic E-state index is -3.44. The zero-order valence-corrected chi connectivity index (χ0v) is 17.7. The quantitative estimate of drug-likeness (QED) is 0.438. The Morgan fingerprint density at radius 3 is 2.59 bits per heavy atom. The molecule has 0 aliphatic heterocycles. The third-order valence-electron chi connectivity index (χ3n) is 4.52. The number of fused-ring (bicyclic) bond motifs is 3. The zero-order valence-electron chi connectivity index (χ0n) is 15.3. The number of carbonyl (C=O) groups is 1. The number of carbonyl (C=O) groups excluding carboxylic acids is 1. The van der Waals surface area contributed by atoms with Gasteiger partial charge in [-0.2, -0.15) is 0 Å². The molecule has 0 radical (unpaired) electrons. The number of nitrogens with zero attached hydrogens (tertiary/aromatic N) is 1. The van der Waals surface area contributed by atoms with E-state index in [0.29, 0.717) is 10.2 Å². The number of halogens is 1. The van der Waals surface area contributed by atoms with Crippen LogP contribution in [0.2, 0.25) is 5.02 Å². The Morgan fingerprint density at radius 2 is 1.79 bits per heavy atom. The second-order valence-electron chi connectivity index (χ2n) is 6.58. The Bertz CT molecular complexity index is 1300. The highest BCUT2D eigenvalue weighted by molar-refractivity contribution is 7.91. The molecule has 3 aromatic carbocycles. The minimum Gasteiger partial charge on any atom is -0.302 e. The first-order valence-electron chi connectivity index (χ1n) is 8.99. The van der Waals surface area contributed by atoms with Gasteiger partial charge in [-0.25, -0.2) is 13.4 Å². The molecule has 5 nitrogen and oxygen atoms in total. The number of nitrogens with one attached hydrogen (secondary N) is 1. The number of amides is 1. The summed E-state index contributed by atoms with van der Waals surface area (Å²) in [5.74, 6) is -0.355. The van der Waals surface area contributed by atoms with Gasteiger partial charge in [0.15, 0.2) is 15.0 Å². The zero-order chi connectivity index (χ0) is 20.4. The highest BCUT2D eigenvalue weighted by Crippen LogP contribution is 2.31. The molecule has 0 aliphatic rings. The van der Waals surface area contributed by atoms with E-state index >= 15 is 0 Å². The number of aromatic nitrogens is 1. The van der Waals surface area contributed by atoms with Crippen LogP contribution in [0.25, 0.3) is 21.0 Å². The topological polar surface area (TPSA) is 76.1 Å². The standard InChI is InChI=1S/C21H17ClN2O3S2/c22-15-8-10-16(11-9-15)29(26,27)13-3-6-19(25)23-21-24-20-17-5-2-1-4-14(17)7-12-18(20)28-21/h1-2,4-5,7-12H,3,6,13H2,(H,23,24,25). The van der Waals surface area contributed by atoms with Crippen LogP contribution >= 0.6 is 22.9 Å². The largest absolute Gasteiger partial charge is 0.302 e. The van der Waals surface area contributed by atoms with Gasteiger partial charge in [-0.15, -0.1) is 0 Å². The Balaban J connectivity index is 1.40. The van der Waals surface area contributed by atoms with Crippen molar-refractivity contribution in [2.24, 2.45) is 0 Å². The molecule has 0 saturated carbocycles. The van der Waals surface area contributed by atoms with E-state index in [2.05, 4.69) is 10.3 Å². The normalized spacial score (nSPS) is 11.8. The van der Waals surface area contributed by atoms with Crippen molar-refractivity contribution in [1.82, 2.24) is 4.98 Å². The highest BCUT2D eigenvalue weighted by atomic mass is 35.5. The first-order chi connectivity index (χ1) is 13.9. The highest BCUT2D eigenvalue weighted by Gasteiger charge is 2.16. The van der Waals surface area contributed by atoms with Gasteiger partial charge in [0.1, 0.15) is 0 Å². The van der Waals surface area contributed by atoms with Gasteiger partial charge >= 0.3 is 0 Å². The summed E-state index contributed by atoms with van der Waals surface area (Å²) in [6, 6.07) is 18.0. The Labute approximate surface area is 177 Å². The van der Waals surface area contributed by atoms with Crippen LogP contribution in [-0.4, -0.2) is 25.1 Å². The monoisotopic (exact) mass is 444 g/mol. The lowest BCUT2D eigenvalue weighted by Crippen LogP contribution is -2.14. The molecule has 0 fully saturated rings. The van der Waals surface area contributed by atoms with Gasteiger partial charge in [0.2, 0.25) is 5.91 Å². The lowest BCUT2D eigenvalue weighted by molar-refractivity contribution is -0.116. The van der Waals surface area contributed by atoms with Gasteiger partial charge < -0.3 is 5.32 Å². The summed E-state index contributed by atoms with van der Waals surface area (Å²) in [5.41, 5.74) is 0.855. The summed E-state index contributed by atoms with van der Waals surface area (Å²) in [7, 11) is -3.44. The van der Waals surface area contributed by atoms with Crippen molar-refractivity contribution in [2.45, 2.75) is 17.7 Å². The molecule has 1 heterocycles. The number of sulfone groups is 1. The van der Waals surface area contributed by atoms with Crippen LogP contribution in [0.3, 0.4) is 0 Å². The van der Waals surface area contributed by atoms with Crippen molar-refractivity contribution >= 4 is 64.8 Å². The fourth-order valence-corrected chi connectivity index (χ4v) is 5.41. The van der Waals surface area contributed by atoms with Crippen molar-refractivity contribution in [3.63, 3.8) is 0 Å². The van der Waals surface area contributed by atoms with Crippen LogP contribution in [-0.2, 0) is 14.6 Å². The van der Waals surface area contributed by atoms with E-state index in [1.54, 1.807) is 0 Å². The van der Waals surface area contributed by atoms with Crippen molar-refractivity contribution in [1.29, 1.82) is 0 Å². The van der Waals surface area contributed by atoms with Crippen molar-refractivity contribution in [3.8, 4) is 0 Å². The summed E-state index contributed by atoms with van der Waals surface area (Å²) in [5, 5.41) is 5.91. The van der Waals surface area contributed by atoms with Gasteiger partial charge in [0.05, 0.1) is 20.9 Å². The third kappa shape index (κ3) is 4.42. The van der Waals surface area contributed by atoms with E-state index in [9.17, 15) is 13.2 Å². The van der Waals surface area contributed by atoms with Crippen LogP contribution in [0, 0.1) is 0 Å². The van der Waals surface area contributed by atoms with E-state index in [-0.39, 0.29) is 29.4 Å². The number of hydrogen-bond acceptors (Lipinski definition) is 5. The van der Waals surface area contributed by atoms with Crippen LogP contribution in [0.4, 0.5) is 5.13 Å². The molecule has 4 aromatic rings. The Kier molecular flexibility index (Phi) is 5.54. The maximum absolute atomic E-state index is 12.3. The summed E-state index contributed by atoms with van der Waals surface area (Å²) in [6.45, 7) is 0. The summed E-state index contributed by atoms with van der Waals surface area (Å²) in [6.07, 6.45) is 0.327. The van der Waals surface area contributed by atoms with Crippen LogP contribution in [0.15, 0.2) is 65.6 Å². The molecular formula is C21H17ClN2O3S2. The number of anilines is 1. The molecule has 148 valence electrons. The molecule has 0 saturated heterocycles. The maximum atomic E-state index is 12.3. The van der Waals surface area contributed by atoms with Crippen molar-refractivity contribution in [2.75, 3.05) is 11.1 Å². The molecule has 0 bridgehead atoms. The first kappa shape index (κ1) is 19.8. The van der Waals surface area contributed by atoms with Gasteiger partial charge in [-0.3, -0.25) is 4.79 Å². The fraction of sp³-hybridized carbons (Fsp3) is 0.143. The summed E-state index contributed by atoms with van der Waals surface area (Å²) < 4.78 is 25.7. The molecule has 1 amide bonds. The second-order valence-corrected chi connectivity index (χ2v) is 10.2. The molecular weight excluding hydrogens is 428 g/mol. The van der Waals surface area contributed by atoms with E-state index in [4.69, 9.17) is 11.6 Å². The van der Waals surface area contributed by atoms with Gasteiger partial charge in [0.25, 0.3) is 0 Å². The van der Waals surface area contributed by atoms with Crippen molar-refractivity contribution in [3.05, 3.63) is 65.7 Å². The van der Waals surface area contributed by atoms with E-state index in [1.807, 2.05) is 36.4 Å². The lowest BCUT2D eigenvalue weighted by Gasteiger charge is -2.05. The number of hydrogen-bond donors (Lipinski definition) is 1. The first-order valence-corrected chi connectivity index (χ1v) is 11.8. The molecule has 29 heavy (non-hydrogen) atoms. The summed E-state index contributed by atoms with van der Waals surface area (Å²) in [4.78, 5) is 17.0. The molecule has 4 rings (SSSR count). The van der Waals surface area contributed by atoms with E-state index in [1.165, 1.54) is 35.6 Å². The molecule has 1 N–H and O–H groups in total. The number of thiazole rings is 1. The van der Waals surface area contributed by atoms with E-state index in [0.717, 1.165) is 21.0 Å². The average molecular weight is 445 g/mol. The van der Waals surface area contributed by atoms with Crippen molar-refractivity contribution < 1.29 is 13.2 Å². The summed E-state index contributed by atoms with van der Waals surface area (Å²) >= 11 is 7.20. The number of rotatable bonds is 6. The van der Waals surface area contributed by atoms with Gasteiger partial charge in [-0.05, 0) is 42.1 Å². The van der Waals surface area contributed by atoms with Gasteiger partial charge in [0, 0.05) is 16.8 Å². The van der Waals surface area contributed by atoms with Crippen LogP contribution in [0.1, 0.15) is 12.8 Å². The van der Waals surface area contributed by atoms with Gasteiger partial charge in [-0.1, -0.05) is 53.3 Å². The predicted octanol–water partition coefficient (Wildman–Crippen LogP) is 5.30. The lowest BCUT2D eigenvalue weighted by atomic mass is 10.1.